The lowest BCUT2D eigenvalue weighted by Crippen LogP contribution is -2.59. The van der Waals surface area contributed by atoms with Crippen LogP contribution in [0.3, 0.4) is 0 Å². The number of piperidine rings is 1. The highest BCUT2D eigenvalue weighted by atomic mass is 16.2. The number of nitrogens with zero attached hydrogens (tertiary/aromatic N) is 1. The Bertz CT molecular complexity index is 490. The third-order valence-electron chi connectivity index (χ3n) is 4.37. The van der Waals surface area contributed by atoms with E-state index in [1.165, 1.54) is 0 Å². The number of hydrogen-bond acceptors (Lipinski definition) is 3. The van der Waals surface area contributed by atoms with Gasteiger partial charge in [0.1, 0.15) is 5.54 Å². The van der Waals surface area contributed by atoms with Gasteiger partial charge in [0.15, 0.2) is 0 Å². The Morgan fingerprint density at radius 3 is 2.42 bits per heavy atom. The first kappa shape index (κ1) is 12.5. The third kappa shape index (κ3) is 2.10. The van der Waals surface area contributed by atoms with E-state index in [-0.39, 0.29) is 5.91 Å². The first-order valence-corrected chi connectivity index (χ1v) is 7.03. The largest absolute Gasteiger partial charge is 0.369 e. The summed E-state index contributed by atoms with van der Waals surface area (Å²) in [5.41, 5.74) is 1.52. The molecule has 0 saturated carbocycles. The van der Waals surface area contributed by atoms with Gasteiger partial charge in [-0.25, -0.2) is 0 Å². The van der Waals surface area contributed by atoms with Crippen LogP contribution in [0.2, 0.25) is 0 Å². The molecule has 19 heavy (non-hydrogen) atoms. The van der Waals surface area contributed by atoms with Crippen molar-refractivity contribution in [2.24, 2.45) is 0 Å². The molecule has 1 aromatic rings. The molecule has 0 aromatic heterocycles. The Hall–Kier alpha value is -1.55. The van der Waals surface area contributed by atoms with Gasteiger partial charge in [-0.15, -0.1) is 0 Å². The van der Waals surface area contributed by atoms with Crippen LogP contribution in [0, 0.1) is 0 Å². The summed E-state index contributed by atoms with van der Waals surface area (Å²) < 4.78 is 0. The van der Waals surface area contributed by atoms with Crippen molar-refractivity contribution in [3.05, 3.63) is 24.3 Å². The summed E-state index contributed by atoms with van der Waals surface area (Å²) in [5.74, 6) is 0.120. The molecule has 2 aliphatic rings. The van der Waals surface area contributed by atoms with Gasteiger partial charge in [-0.1, -0.05) is 12.1 Å². The topological polar surface area (TPSA) is 44.4 Å². The summed E-state index contributed by atoms with van der Waals surface area (Å²) in [6.45, 7) is 6.36. The zero-order chi connectivity index (χ0) is 13.5. The van der Waals surface area contributed by atoms with Gasteiger partial charge < -0.3 is 15.5 Å². The van der Waals surface area contributed by atoms with Gasteiger partial charge in [0, 0.05) is 19.1 Å². The number of carbonyl (C=O) groups excluding carboxylic acids is 1. The maximum Gasteiger partial charge on any atom is 0.250 e. The van der Waals surface area contributed by atoms with E-state index in [1.54, 1.807) is 0 Å². The number of nitrogens with one attached hydrogen (secondary N) is 2. The molecule has 3 rings (SSSR count). The fourth-order valence-electron chi connectivity index (χ4n) is 3.03. The SMILES string of the molecule is CC(C)N1CCC2(CC1)Nc1ccccc1NC2=O. The number of anilines is 2. The Morgan fingerprint density at radius 1 is 1.16 bits per heavy atom. The number of hydrogen-bond donors (Lipinski definition) is 2. The maximum atomic E-state index is 12.4. The molecule has 0 bridgehead atoms. The van der Waals surface area contributed by atoms with Crippen molar-refractivity contribution in [1.29, 1.82) is 0 Å². The molecule has 0 aliphatic carbocycles. The van der Waals surface area contributed by atoms with Crippen molar-refractivity contribution in [2.75, 3.05) is 23.7 Å². The molecule has 1 spiro atoms. The molecular weight excluding hydrogens is 238 g/mol. The summed E-state index contributed by atoms with van der Waals surface area (Å²) in [7, 11) is 0. The minimum atomic E-state index is -0.417. The van der Waals surface area contributed by atoms with E-state index >= 15 is 0 Å². The fourth-order valence-corrected chi connectivity index (χ4v) is 3.03. The van der Waals surface area contributed by atoms with E-state index in [1.807, 2.05) is 24.3 Å². The second-order valence-electron chi connectivity index (χ2n) is 5.84. The van der Waals surface area contributed by atoms with Gasteiger partial charge in [0.05, 0.1) is 11.4 Å². The van der Waals surface area contributed by atoms with Crippen LogP contribution >= 0.6 is 0 Å². The van der Waals surface area contributed by atoms with Crippen LogP contribution in [0.4, 0.5) is 11.4 Å². The number of para-hydroxylation sites is 2. The van der Waals surface area contributed by atoms with Crippen LogP contribution in [0.1, 0.15) is 26.7 Å². The molecule has 102 valence electrons. The zero-order valence-corrected chi connectivity index (χ0v) is 11.6. The van der Waals surface area contributed by atoms with Crippen LogP contribution in [-0.2, 0) is 4.79 Å². The Kier molecular flexibility index (Phi) is 2.97. The van der Waals surface area contributed by atoms with E-state index in [9.17, 15) is 4.79 Å². The van der Waals surface area contributed by atoms with Crippen molar-refractivity contribution in [2.45, 2.75) is 38.3 Å². The Morgan fingerprint density at radius 2 is 1.79 bits per heavy atom. The van der Waals surface area contributed by atoms with Crippen LogP contribution in [0.5, 0.6) is 0 Å². The quantitative estimate of drug-likeness (QED) is 0.813. The van der Waals surface area contributed by atoms with Crippen molar-refractivity contribution in [1.82, 2.24) is 4.90 Å². The number of rotatable bonds is 1. The summed E-state index contributed by atoms with van der Waals surface area (Å²) in [6.07, 6.45) is 1.73. The summed E-state index contributed by atoms with van der Waals surface area (Å²) >= 11 is 0. The predicted octanol–water partition coefficient (Wildman–Crippen LogP) is 2.29. The summed E-state index contributed by atoms with van der Waals surface area (Å²) in [4.78, 5) is 14.8. The molecule has 1 aromatic carbocycles. The van der Waals surface area contributed by atoms with Crippen LogP contribution < -0.4 is 10.6 Å². The van der Waals surface area contributed by atoms with Crippen LogP contribution in [0.15, 0.2) is 24.3 Å². The second-order valence-corrected chi connectivity index (χ2v) is 5.84. The van der Waals surface area contributed by atoms with Crippen LogP contribution in [-0.4, -0.2) is 35.5 Å². The number of amides is 1. The lowest BCUT2D eigenvalue weighted by Gasteiger charge is -2.45. The molecule has 1 saturated heterocycles. The number of fused-ring (bicyclic) bond motifs is 1. The minimum absolute atomic E-state index is 0.120. The van der Waals surface area contributed by atoms with Gasteiger partial charge in [-0.2, -0.15) is 0 Å². The van der Waals surface area contributed by atoms with Gasteiger partial charge in [-0.3, -0.25) is 4.79 Å². The summed E-state index contributed by atoms with van der Waals surface area (Å²) in [5, 5.41) is 6.53. The summed E-state index contributed by atoms with van der Waals surface area (Å²) in [6, 6.07) is 8.47. The molecule has 2 aliphatic heterocycles. The average molecular weight is 259 g/mol. The second kappa shape index (κ2) is 4.53. The lowest BCUT2D eigenvalue weighted by atomic mass is 9.84. The molecule has 4 heteroatoms. The van der Waals surface area contributed by atoms with Crippen LogP contribution in [0.25, 0.3) is 0 Å². The van der Waals surface area contributed by atoms with Gasteiger partial charge >= 0.3 is 0 Å². The highest BCUT2D eigenvalue weighted by Crippen LogP contribution is 2.36. The highest BCUT2D eigenvalue weighted by molar-refractivity contribution is 6.06. The number of likely N-dealkylation sites (tertiary alicyclic amines) is 1. The van der Waals surface area contributed by atoms with Crippen molar-refractivity contribution >= 4 is 17.3 Å². The van der Waals surface area contributed by atoms with Crippen molar-refractivity contribution < 1.29 is 4.79 Å². The predicted molar refractivity (Wildman–Crippen MR) is 77.4 cm³/mol. The van der Waals surface area contributed by atoms with Gasteiger partial charge in [0.2, 0.25) is 5.91 Å². The Labute approximate surface area is 114 Å². The molecule has 0 unspecified atom stereocenters. The fraction of sp³-hybridized carbons (Fsp3) is 0.533. The van der Waals surface area contributed by atoms with E-state index in [4.69, 9.17) is 0 Å². The monoisotopic (exact) mass is 259 g/mol. The zero-order valence-electron chi connectivity index (χ0n) is 11.6. The highest BCUT2D eigenvalue weighted by Gasteiger charge is 2.44. The van der Waals surface area contributed by atoms with E-state index in [0.717, 1.165) is 37.3 Å². The molecule has 1 amide bonds. The first-order valence-electron chi connectivity index (χ1n) is 7.03. The van der Waals surface area contributed by atoms with E-state index < -0.39 is 5.54 Å². The molecular formula is C15H21N3O. The first-order chi connectivity index (χ1) is 9.11. The third-order valence-corrected chi connectivity index (χ3v) is 4.37. The Balaban J connectivity index is 1.81. The molecule has 2 heterocycles. The molecule has 0 atom stereocenters. The maximum absolute atomic E-state index is 12.4. The normalized spacial score (nSPS) is 21.9. The number of carbonyl (C=O) groups is 1. The van der Waals surface area contributed by atoms with Gasteiger partial charge in [0.25, 0.3) is 0 Å². The standard InChI is InChI=1S/C15H21N3O/c1-11(2)18-9-7-15(8-10-18)14(19)16-12-5-3-4-6-13(12)17-15/h3-6,11,17H,7-10H2,1-2H3,(H,16,19). The number of benzene rings is 1. The van der Waals surface area contributed by atoms with Gasteiger partial charge in [-0.05, 0) is 38.8 Å². The molecule has 4 nitrogen and oxygen atoms in total. The van der Waals surface area contributed by atoms with Crippen molar-refractivity contribution in [3.8, 4) is 0 Å². The molecule has 1 fully saturated rings. The lowest BCUT2D eigenvalue weighted by molar-refractivity contribution is -0.122. The molecule has 2 N–H and O–H groups in total. The van der Waals surface area contributed by atoms with E-state index in [0.29, 0.717) is 6.04 Å². The average Bonchev–Trinajstić information content (AvgIpc) is 2.41. The van der Waals surface area contributed by atoms with E-state index in [2.05, 4.69) is 29.4 Å². The molecule has 0 radical (unpaired) electrons. The minimum Gasteiger partial charge on any atom is -0.369 e. The smallest absolute Gasteiger partial charge is 0.250 e. The van der Waals surface area contributed by atoms with Crippen molar-refractivity contribution in [3.63, 3.8) is 0 Å².